The van der Waals surface area contributed by atoms with Gasteiger partial charge in [-0.05, 0) is 31.5 Å². The van der Waals surface area contributed by atoms with Crippen LogP contribution in [0.4, 0.5) is 10.5 Å². The Labute approximate surface area is 158 Å². The number of hydrogen-bond donors (Lipinski definition) is 4. The van der Waals surface area contributed by atoms with Gasteiger partial charge in [0.05, 0.1) is 12.1 Å². The summed E-state index contributed by atoms with van der Waals surface area (Å²) >= 11 is 0. The van der Waals surface area contributed by atoms with Crippen molar-refractivity contribution in [3.63, 3.8) is 0 Å². The Morgan fingerprint density at radius 2 is 1.63 bits per heavy atom. The van der Waals surface area contributed by atoms with Gasteiger partial charge in [0, 0.05) is 18.8 Å². The molecule has 2 aromatic rings. The Morgan fingerprint density at radius 3 is 2.33 bits per heavy atom. The van der Waals surface area contributed by atoms with Crippen molar-refractivity contribution in [2.75, 3.05) is 18.4 Å². The van der Waals surface area contributed by atoms with Crippen LogP contribution >= 0.6 is 0 Å². The van der Waals surface area contributed by atoms with E-state index in [2.05, 4.69) is 21.3 Å². The molecule has 7 nitrogen and oxygen atoms in total. The number of urea groups is 1. The molecule has 0 saturated heterocycles. The predicted octanol–water partition coefficient (Wildman–Crippen LogP) is 2.18. The van der Waals surface area contributed by atoms with E-state index in [1.54, 1.807) is 31.2 Å². The smallest absolute Gasteiger partial charge is 0.321 e. The number of imide groups is 1. The number of nitrogens with one attached hydrogen (secondary N) is 4. The monoisotopic (exact) mass is 368 g/mol. The maximum absolute atomic E-state index is 12.5. The SMILES string of the molecule is CCNC(=O)NC(=O)CNc1ccccc1C(=O)NCc1ccc(C)cc1. The lowest BCUT2D eigenvalue weighted by molar-refractivity contribution is -0.118. The van der Waals surface area contributed by atoms with Crippen LogP contribution in [0.1, 0.15) is 28.4 Å². The van der Waals surface area contributed by atoms with Gasteiger partial charge in [-0.2, -0.15) is 0 Å². The first kappa shape index (κ1) is 20.0. The molecule has 2 aromatic carbocycles. The molecule has 0 heterocycles. The molecule has 0 aliphatic carbocycles. The van der Waals surface area contributed by atoms with Crippen LogP contribution in [0.2, 0.25) is 0 Å². The van der Waals surface area contributed by atoms with Gasteiger partial charge >= 0.3 is 6.03 Å². The summed E-state index contributed by atoms with van der Waals surface area (Å²) < 4.78 is 0. The third kappa shape index (κ3) is 6.47. The summed E-state index contributed by atoms with van der Waals surface area (Å²) in [4.78, 5) is 35.6. The van der Waals surface area contributed by atoms with Crippen molar-refractivity contribution in [2.24, 2.45) is 0 Å². The lowest BCUT2D eigenvalue weighted by Crippen LogP contribution is -2.41. The highest BCUT2D eigenvalue weighted by molar-refractivity contribution is 6.01. The van der Waals surface area contributed by atoms with Crippen LogP contribution in [-0.2, 0) is 11.3 Å². The summed E-state index contributed by atoms with van der Waals surface area (Å²) in [5.74, 6) is -0.737. The summed E-state index contributed by atoms with van der Waals surface area (Å²) in [6.45, 7) is 4.47. The van der Waals surface area contributed by atoms with Crippen LogP contribution in [0.3, 0.4) is 0 Å². The average molecular weight is 368 g/mol. The molecule has 4 N–H and O–H groups in total. The van der Waals surface area contributed by atoms with Gasteiger partial charge in [-0.3, -0.25) is 14.9 Å². The zero-order valence-electron chi connectivity index (χ0n) is 15.5. The fraction of sp³-hybridized carbons (Fsp3) is 0.250. The molecule has 2 rings (SSSR count). The number of hydrogen-bond acceptors (Lipinski definition) is 4. The lowest BCUT2D eigenvalue weighted by Gasteiger charge is -2.12. The van der Waals surface area contributed by atoms with Gasteiger partial charge in [0.1, 0.15) is 0 Å². The van der Waals surface area contributed by atoms with Gasteiger partial charge in [-0.1, -0.05) is 42.0 Å². The molecule has 27 heavy (non-hydrogen) atoms. The molecular weight excluding hydrogens is 344 g/mol. The maximum Gasteiger partial charge on any atom is 0.321 e. The number of aryl methyl sites for hydroxylation is 1. The van der Waals surface area contributed by atoms with E-state index in [1.165, 1.54) is 0 Å². The molecule has 0 aliphatic heterocycles. The minimum absolute atomic E-state index is 0.126. The standard InChI is InChI=1S/C20H24N4O3/c1-3-21-20(27)24-18(25)13-22-17-7-5-4-6-16(17)19(26)23-12-15-10-8-14(2)9-11-15/h4-11,22H,3,12-13H2,1-2H3,(H,23,26)(H2,21,24,25,27). The molecule has 142 valence electrons. The maximum atomic E-state index is 12.5. The van der Waals surface area contributed by atoms with E-state index in [0.717, 1.165) is 11.1 Å². The van der Waals surface area contributed by atoms with Crippen molar-refractivity contribution in [2.45, 2.75) is 20.4 Å². The number of anilines is 1. The molecule has 0 aliphatic rings. The third-order valence-electron chi connectivity index (χ3n) is 3.78. The molecule has 0 spiro atoms. The summed E-state index contributed by atoms with van der Waals surface area (Å²) in [7, 11) is 0. The summed E-state index contributed by atoms with van der Waals surface area (Å²) in [6, 6.07) is 14.3. The second-order valence-electron chi connectivity index (χ2n) is 5.98. The number of rotatable bonds is 7. The quantitative estimate of drug-likeness (QED) is 0.602. The van der Waals surface area contributed by atoms with E-state index in [4.69, 9.17) is 0 Å². The van der Waals surface area contributed by atoms with Gasteiger partial charge in [0.25, 0.3) is 5.91 Å². The van der Waals surface area contributed by atoms with E-state index in [-0.39, 0.29) is 12.5 Å². The Bertz CT molecular complexity index is 803. The van der Waals surface area contributed by atoms with E-state index >= 15 is 0 Å². The number of benzene rings is 2. The highest BCUT2D eigenvalue weighted by Gasteiger charge is 2.12. The summed E-state index contributed by atoms with van der Waals surface area (Å²) in [6.07, 6.45) is 0. The first-order valence-corrected chi connectivity index (χ1v) is 8.74. The Morgan fingerprint density at radius 1 is 0.926 bits per heavy atom. The minimum Gasteiger partial charge on any atom is -0.375 e. The van der Waals surface area contributed by atoms with Gasteiger partial charge in [-0.25, -0.2) is 4.79 Å². The third-order valence-corrected chi connectivity index (χ3v) is 3.78. The number of amides is 4. The topological polar surface area (TPSA) is 99.3 Å². The van der Waals surface area contributed by atoms with Crippen LogP contribution in [0.5, 0.6) is 0 Å². The number of carbonyl (C=O) groups excluding carboxylic acids is 3. The van der Waals surface area contributed by atoms with Gasteiger partial charge < -0.3 is 16.0 Å². The molecule has 4 amide bonds. The van der Waals surface area contributed by atoms with Gasteiger partial charge in [-0.15, -0.1) is 0 Å². The zero-order valence-corrected chi connectivity index (χ0v) is 15.5. The average Bonchev–Trinajstić information content (AvgIpc) is 2.66. The van der Waals surface area contributed by atoms with Gasteiger partial charge in [0.15, 0.2) is 0 Å². The predicted molar refractivity (Wildman–Crippen MR) is 104 cm³/mol. The molecule has 0 radical (unpaired) electrons. The van der Waals surface area contributed by atoms with Crippen LogP contribution in [0.25, 0.3) is 0 Å². The number of carbonyl (C=O) groups is 3. The Balaban J connectivity index is 1.93. The largest absolute Gasteiger partial charge is 0.375 e. The Hall–Kier alpha value is -3.35. The fourth-order valence-corrected chi connectivity index (χ4v) is 2.37. The molecule has 0 aromatic heterocycles. The molecule has 0 atom stereocenters. The molecule has 0 bridgehead atoms. The second-order valence-corrected chi connectivity index (χ2v) is 5.98. The molecule has 0 saturated carbocycles. The van der Waals surface area contributed by atoms with Crippen molar-refractivity contribution in [1.82, 2.24) is 16.0 Å². The van der Waals surface area contributed by atoms with Gasteiger partial charge in [0.2, 0.25) is 5.91 Å². The van der Waals surface area contributed by atoms with Crippen molar-refractivity contribution < 1.29 is 14.4 Å². The normalized spacial score (nSPS) is 10.0. The molecule has 0 unspecified atom stereocenters. The molecule has 0 fully saturated rings. The highest BCUT2D eigenvalue weighted by Crippen LogP contribution is 2.15. The van der Waals surface area contributed by atoms with E-state index in [0.29, 0.717) is 24.3 Å². The second kappa shape index (κ2) is 9.96. The highest BCUT2D eigenvalue weighted by atomic mass is 16.2. The molecular formula is C20H24N4O3. The van der Waals surface area contributed by atoms with Crippen LogP contribution in [0, 0.1) is 6.92 Å². The Kier molecular flexibility index (Phi) is 7.37. The van der Waals surface area contributed by atoms with Crippen molar-refractivity contribution in [3.05, 3.63) is 65.2 Å². The van der Waals surface area contributed by atoms with Crippen molar-refractivity contribution >= 4 is 23.5 Å². The first-order chi connectivity index (χ1) is 13.0. The summed E-state index contributed by atoms with van der Waals surface area (Å²) in [5, 5.41) is 10.4. The van der Waals surface area contributed by atoms with E-state index in [1.807, 2.05) is 31.2 Å². The van der Waals surface area contributed by atoms with Crippen LogP contribution in [0.15, 0.2) is 48.5 Å². The lowest BCUT2D eigenvalue weighted by atomic mass is 10.1. The zero-order chi connectivity index (χ0) is 19.6. The summed E-state index contributed by atoms with van der Waals surface area (Å²) in [5.41, 5.74) is 3.10. The fourth-order valence-electron chi connectivity index (χ4n) is 2.37. The molecule has 7 heteroatoms. The van der Waals surface area contributed by atoms with Crippen LogP contribution in [-0.4, -0.2) is 30.9 Å². The number of para-hydroxylation sites is 1. The first-order valence-electron chi connectivity index (χ1n) is 8.74. The van der Waals surface area contributed by atoms with Crippen molar-refractivity contribution in [3.8, 4) is 0 Å². The van der Waals surface area contributed by atoms with E-state index < -0.39 is 11.9 Å². The van der Waals surface area contributed by atoms with Crippen LogP contribution < -0.4 is 21.3 Å². The van der Waals surface area contributed by atoms with Crippen molar-refractivity contribution in [1.29, 1.82) is 0 Å². The minimum atomic E-state index is -0.548. The van der Waals surface area contributed by atoms with E-state index in [9.17, 15) is 14.4 Å².